The minimum Gasteiger partial charge on any atom is -0.310 e. The topological polar surface area (TPSA) is 6.48 Å². The first-order valence-corrected chi connectivity index (χ1v) is 22.5. The molecule has 13 rings (SSSR count). The molecule has 64 heavy (non-hydrogen) atoms. The molecule has 0 N–H and O–H groups in total. The second kappa shape index (κ2) is 14.0. The first kappa shape index (κ1) is 36.7. The van der Waals surface area contributed by atoms with Gasteiger partial charge in [0.2, 0.25) is 0 Å². The lowest BCUT2D eigenvalue weighted by atomic mass is 9.82. The number of nitrogens with zero attached hydrogens (tertiary/aromatic N) is 2. The number of benzene rings is 10. The van der Waals surface area contributed by atoms with Crippen LogP contribution in [0.2, 0.25) is 0 Å². The minimum absolute atomic E-state index is 0.252. The molecule has 3 aliphatic rings. The van der Waals surface area contributed by atoms with Crippen LogP contribution in [0.5, 0.6) is 0 Å². The number of hydrogen-bond donors (Lipinski definition) is 0. The maximum atomic E-state index is 2.47. The lowest BCUT2D eigenvalue weighted by Crippen LogP contribution is -2.18. The van der Waals surface area contributed by atoms with E-state index in [1.807, 2.05) is 0 Å². The van der Waals surface area contributed by atoms with Crippen LogP contribution >= 0.6 is 0 Å². The van der Waals surface area contributed by atoms with E-state index >= 15 is 0 Å². The second-order valence-electron chi connectivity index (χ2n) is 18.1. The summed E-state index contributed by atoms with van der Waals surface area (Å²) in [5, 5.41) is 5.19. The summed E-state index contributed by atoms with van der Waals surface area (Å²) < 4.78 is 0. The molecule has 0 bridgehead atoms. The summed E-state index contributed by atoms with van der Waals surface area (Å²) in [6.07, 6.45) is 0.931. The lowest BCUT2D eigenvalue weighted by molar-refractivity contribution is 0.660. The lowest BCUT2D eigenvalue weighted by Gasteiger charge is -2.30. The van der Waals surface area contributed by atoms with Crippen LogP contribution in [0.1, 0.15) is 47.2 Å². The first-order chi connectivity index (χ1) is 31.5. The molecular formula is C62H44N2. The Labute approximate surface area is 374 Å². The SMILES string of the molecule is CC1(C)c2cc(N(c3ccc(-c4ccccc4)cc3)c3ccc4c(c3)CC3=C4c4cccc5cccc3c45)ccc2-c2ccc(N(c3ccccc3)c3cccc4ccccc34)cc21. The zero-order chi connectivity index (χ0) is 42.5. The summed E-state index contributed by atoms with van der Waals surface area (Å²) in [5.41, 5.74) is 22.8. The third-order valence-electron chi connectivity index (χ3n) is 14.2. The van der Waals surface area contributed by atoms with E-state index < -0.39 is 0 Å². The van der Waals surface area contributed by atoms with Crippen molar-refractivity contribution in [2.24, 2.45) is 0 Å². The number of anilines is 6. The van der Waals surface area contributed by atoms with Gasteiger partial charge in [-0.1, -0.05) is 166 Å². The van der Waals surface area contributed by atoms with E-state index in [9.17, 15) is 0 Å². The zero-order valence-electron chi connectivity index (χ0n) is 35.9. The summed E-state index contributed by atoms with van der Waals surface area (Å²) in [7, 11) is 0. The maximum absolute atomic E-state index is 2.47. The molecule has 302 valence electrons. The molecule has 0 atom stereocenters. The van der Waals surface area contributed by atoms with Crippen LogP contribution in [0, 0.1) is 0 Å². The summed E-state index contributed by atoms with van der Waals surface area (Å²) in [6, 6.07) is 80.9. The monoisotopic (exact) mass is 816 g/mol. The molecule has 3 aliphatic carbocycles. The molecule has 0 saturated heterocycles. The van der Waals surface area contributed by atoms with Crippen molar-refractivity contribution in [2.45, 2.75) is 25.7 Å². The number of allylic oxidation sites excluding steroid dienone is 1. The standard InChI is InChI=1S/C62H44N2/c1-62(2)57-38-48(31-34-52(57)53-35-32-49(39-58(53)62)64(45-20-7-4-8-21-45)59-25-13-17-42-16-9-10-22-50(42)59)63(46-28-26-41(27-29-46)40-14-5-3-6-15-40)47-30-33-51-44(36-47)37-56-54-23-11-18-43-19-12-24-55(60(43)54)61(51)56/h3-36,38-39H,37H2,1-2H3. The molecule has 2 nitrogen and oxygen atoms in total. The van der Waals surface area contributed by atoms with Gasteiger partial charge >= 0.3 is 0 Å². The van der Waals surface area contributed by atoms with Crippen LogP contribution in [-0.2, 0) is 11.8 Å². The van der Waals surface area contributed by atoms with Crippen LogP contribution in [-0.4, -0.2) is 0 Å². The molecule has 0 radical (unpaired) electrons. The highest BCUT2D eigenvalue weighted by Gasteiger charge is 2.37. The van der Waals surface area contributed by atoms with E-state index in [1.165, 1.54) is 99.7 Å². The van der Waals surface area contributed by atoms with Gasteiger partial charge < -0.3 is 9.80 Å². The zero-order valence-corrected chi connectivity index (χ0v) is 35.9. The molecule has 0 spiro atoms. The van der Waals surface area contributed by atoms with E-state index in [0.717, 1.165) is 29.2 Å². The molecule has 10 aromatic carbocycles. The van der Waals surface area contributed by atoms with Crippen LogP contribution < -0.4 is 9.80 Å². The average molecular weight is 817 g/mol. The molecular weight excluding hydrogens is 773 g/mol. The quantitative estimate of drug-likeness (QED) is 0.158. The number of hydrogen-bond acceptors (Lipinski definition) is 2. The van der Waals surface area contributed by atoms with Crippen LogP contribution in [0.25, 0.3) is 54.9 Å². The molecule has 10 aromatic rings. The van der Waals surface area contributed by atoms with Gasteiger partial charge in [-0.3, -0.25) is 0 Å². The van der Waals surface area contributed by atoms with Crippen molar-refractivity contribution in [1.29, 1.82) is 0 Å². The van der Waals surface area contributed by atoms with Gasteiger partial charge in [-0.25, -0.2) is 0 Å². The maximum Gasteiger partial charge on any atom is 0.0540 e. The van der Waals surface area contributed by atoms with Gasteiger partial charge in [0.1, 0.15) is 0 Å². The predicted octanol–water partition coefficient (Wildman–Crippen LogP) is 16.7. The van der Waals surface area contributed by atoms with Crippen molar-refractivity contribution in [3.63, 3.8) is 0 Å². The van der Waals surface area contributed by atoms with E-state index in [4.69, 9.17) is 0 Å². The largest absolute Gasteiger partial charge is 0.310 e. The smallest absolute Gasteiger partial charge is 0.0540 e. The summed E-state index contributed by atoms with van der Waals surface area (Å²) in [6.45, 7) is 4.80. The Balaban J connectivity index is 0.919. The Morgan fingerprint density at radius 1 is 0.375 bits per heavy atom. The van der Waals surface area contributed by atoms with Crippen molar-refractivity contribution < 1.29 is 0 Å². The van der Waals surface area contributed by atoms with E-state index in [-0.39, 0.29) is 5.41 Å². The fourth-order valence-electron chi connectivity index (χ4n) is 11.2. The third kappa shape index (κ3) is 5.52. The van der Waals surface area contributed by atoms with Gasteiger partial charge in [0.05, 0.1) is 5.69 Å². The van der Waals surface area contributed by atoms with E-state index in [1.54, 1.807) is 0 Å². The van der Waals surface area contributed by atoms with Crippen LogP contribution in [0.4, 0.5) is 34.1 Å². The van der Waals surface area contributed by atoms with Crippen molar-refractivity contribution in [2.75, 3.05) is 9.80 Å². The van der Waals surface area contributed by atoms with Crippen molar-refractivity contribution >= 4 is 66.8 Å². The molecule has 0 amide bonds. The Morgan fingerprint density at radius 3 is 1.64 bits per heavy atom. The molecule has 0 saturated carbocycles. The summed E-state index contributed by atoms with van der Waals surface area (Å²) >= 11 is 0. The summed E-state index contributed by atoms with van der Waals surface area (Å²) in [5.74, 6) is 0. The molecule has 0 fully saturated rings. The van der Waals surface area contributed by atoms with Crippen LogP contribution in [0.15, 0.2) is 218 Å². The molecule has 0 aromatic heterocycles. The van der Waals surface area contributed by atoms with Gasteiger partial charge in [-0.2, -0.15) is 0 Å². The highest BCUT2D eigenvalue weighted by Crippen LogP contribution is 2.55. The van der Waals surface area contributed by atoms with Gasteiger partial charge in [-0.05, 0) is 156 Å². The Kier molecular flexibility index (Phi) is 8.05. The number of fused-ring (bicyclic) bond motifs is 8. The highest BCUT2D eigenvalue weighted by atomic mass is 15.1. The van der Waals surface area contributed by atoms with Gasteiger partial charge in [0.25, 0.3) is 0 Å². The molecule has 0 aliphatic heterocycles. The number of rotatable bonds is 7. The fraction of sp³-hybridized carbons (Fsp3) is 0.0645. The number of para-hydroxylation sites is 1. The third-order valence-corrected chi connectivity index (χ3v) is 14.2. The second-order valence-corrected chi connectivity index (χ2v) is 18.1. The molecule has 2 heteroatoms. The first-order valence-electron chi connectivity index (χ1n) is 22.5. The van der Waals surface area contributed by atoms with Gasteiger partial charge in [0, 0.05) is 39.2 Å². The Bertz CT molecular complexity index is 3530. The molecule has 0 unspecified atom stereocenters. The average Bonchev–Trinajstić information content (AvgIpc) is 3.95. The minimum atomic E-state index is -0.252. The van der Waals surface area contributed by atoms with Gasteiger partial charge in [-0.15, -0.1) is 0 Å². The van der Waals surface area contributed by atoms with Crippen molar-refractivity contribution in [3.05, 3.63) is 252 Å². The van der Waals surface area contributed by atoms with Gasteiger partial charge in [0.15, 0.2) is 0 Å². The Morgan fingerprint density at radius 2 is 0.906 bits per heavy atom. The predicted molar refractivity (Wildman–Crippen MR) is 270 cm³/mol. The van der Waals surface area contributed by atoms with Crippen molar-refractivity contribution in [3.8, 4) is 22.3 Å². The normalized spacial score (nSPS) is 13.8. The van der Waals surface area contributed by atoms with E-state index in [2.05, 4.69) is 242 Å². The van der Waals surface area contributed by atoms with E-state index in [0.29, 0.717) is 0 Å². The molecule has 0 heterocycles. The fourth-order valence-corrected chi connectivity index (χ4v) is 11.2. The Hall–Kier alpha value is -7.94. The van der Waals surface area contributed by atoms with Crippen LogP contribution in [0.3, 0.4) is 0 Å². The highest BCUT2D eigenvalue weighted by molar-refractivity contribution is 6.20. The summed E-state index contributed by atoms with van der Waals surface area (Å²) in [4.78, 5) is 4.89. The van der Waals surface area contributed by atoms with Crippen molar-refractivity contribution in [1.82, 2.24) is 0 Å².